The van der Waals surface area contributed by atoms with Crippen molar-refractivity contribution in [3.63, 3.8) is 0 Å². The molecule has 2 aliphatic rings. The van der Waals surface area contributed by atoms with Gasteiger partial charge in [0.2, 0.25) is 0 Å². The molecule has 0 spiro atoms. The van der Waals surface area contributed by atoms with Crippen molar-refractivity contribution < 1.29 is 9.59 Å². The Morgan fingerprint density at radius 2 is 2.00 bits per heavy atom. The highest BCUT2D eigenvalue weighted by atomic mass is 16.2. The van der Waals surface area contributed by atoms with Crippen molar-refractivity contribution in [1.29, 1.82) is 0 Å². The summed E-state index contributed by atoms with van der Waals surface area (Å²) in [5, 5.41) is 7.21. The van der Waals surface area contributed by atoms with Gasteiger partial charge in [-0.25, -0.2) is 0 Å². The Morgan fingerprint density at radius 3 is 2.75 bits per heavy atom. The number of nitrogens with zero attached hydrogens (tertiary/aromatic N) is 4. The van der Waals surface area contributed by atoms with Crippen molar-refractivity contribution in [2.45, 2.75) is 44.4 Å². The highest BCUT2D eigenvalue weighted by molar-refractivity contribution is 5.94. The minimum atomic E-state index is -0.138. The van der Waals surface area contributed by atoms with E-state index in [2.05, 4.69) is 15.4 Å². The zero-order chi connectivity index (χ0) is 19.7. The molecule has 1 N–H and O–H groups in total. The van der Waals surface area contributed by atoms with Gasteiger partial charge in [0.15, 0.2) is 0 Å². The maximum atomic E-state index is 13.3. The number of likely N-dealkylation sites (tertiary alicyclic amines) is 1. The molecule has 28 heavy (non-hydrogen) atoms. The molecule has 7 nitrogen and oxygen atoms in total. The van der Waals surface area contributed by atoms with Crippen molar-refractivity contribution in [3.8, 4) is 0 Å². The number of hydrogen-bond donors (Lipinski definition) is 1. The molecule has 0 bridgehead atoms. The van der Waals surface area contributed by atoms with Crippen LogP contribution in [0, 0.1) is 0 Å². The second kappa shape index (κ2) is 7.73. The Morgan fingerprint density at radius 1 is 1.18 bits per heavy atom. The summed E-state index contributed by atoms with van der Waals surface area (Å²) in [5.41, 5.74) is 4.50. The highest BCUT2D eigenvalue weighted by Gasteiger charge is 2.31. The zero-order valence-electron chi connectivity index (χ0n) is 16.6. The lowest BCUT2D eigenvalue weighted by Crippen LogP contribution is -2.40. The smallest absolute Gasteiger partial charge is 0.272 e. The van der Waals surface area contributed by atoms with E-state index in [0.29, 0.717) is 12.1 Å². The lowest BCUT2D eigenvalue weighted by atomic mass is 9.92. The van der Waals surface area contributed by atoms with Gasteiger partial charge in [-0.1, -0.05) is 0 Å². The van der Waals surface area contributed by atoms with Crippen LogP contribution in [-0.2, 0) is 19.9 Å². The number of aromatic nitrogens is 3. The second-order valence-electron chi connectivity index (χ2n) is 7.75. The van der Waals surface area contributed by atoms with E-state index in [1.165, 1.54) is 0 Å². The Bertz CT molecular complexity index is 887. The van der Waals surface area contributed by atoms with Gasteiger partial charge in [-0.05, 0) is 50.7 Å². The normalized spacial score (nSPS) is 19.2. The lowest BCUT2D eigenvalue weighted by Gasteiger charge is -2.33. The van der Waals surface area contributed by atoms with Crippen molar-refractivity contribution in [2.75, 3.05) is 20.1 Å². The molecule has 2 amide bonds. The van der Waals surface area contributed by atoms with E-state index in [-0.39, 0.29) is 17.7 Å². The number of aryl methyl sites for hydroxylation is 2. The third kappa shape index (κ3) is 3.41. The molecule has 0 aromatic carbocycles. The first-order valence-corrected chi connectivity index (χ1v) is 10.1. The molecular weight excluding hydrogens is 354 g/mol. The number of carbonyl (C=O) groups excluding carboxylic acids is 2. The van der Waals surface area contributed by atoms with E-state index in [1.807, 2.05) is 18.0 Å². The Kier molecular flexibility index (Phi) is 5.15. The molecule has 1 aliphatic carbocycles. The minimum absolute atomic E-state index is 0.0878. The number of piperidine rings is 1. The number of hydrogen-bond acceptors (Lipinski definition) is 4. The van der Waals surface area contributed by atoms with Crippen LogP contribution < -0.4 is 5.32 Å². The van der Waals surface area contributed by atoms with Gasteiger partial charge in [-0.2, -0.15) is 5.10 Å². The van der Waals surface area contributed by atoms with Crippen LogP contribution >= 0.6 is 0 Å². The average Bonchev–Trinajstić information content (AvgIpc) is 3.08. The average molecular weight is 381 g/mol. The number of rotatable bonds is 3. The van der Waals surface area contributed by atoms with Crippen molar-refractivity contribution in [3.05, 3.63) is 46.5 Å². The van der Waals surface area contributed by atoms with E-state index in [9.17, 15) is 9.59 Å². The first-order chi connectivity index (χ1) is 13.6. The van der Waals surface area contributed by atoms with Gasteiger partial charge >= 0.3 is 0 Å². The van der Waals surface area contributed by atoms with Crippen LogP contribution in [0.4, 0.5) is 0 Å². The number of amides is 2. The predicted molar refractivity (Wildman–Crippen MR) is 105 cm³/mol. The summed E-state index contributed by atoms with van der Waals surface area (Å²) in [4.78, 5) is 31.5. The van der Waals surface area contributed by atoms with Gasteiger partial charge in [-0.3, -0.25) is 19.3 Å². The molecule has 3 heterocycles. The molecular formula is C21H27N5O2. The first-order valence-electron chi connectivity index (χ1n) is 10.1. The molecule has 148 valence electrons. The fraction of sp³-hybridized carbons (Fsp3) is 0.524. The van der Waals surface area contributed by atoms with Crippen LogP contribution in [0.2, 0.25) is 0 Å². The molecule has 1 unspecified atom stereocenters. The van der Waals surface area contributed by atoms with Crippen LogP contribution in [0.15, 0.2) is 18.3 Å². The SMILES string of the molecule is CNC(=O)c1ccc(C2CCCN(C(=O)c3c4c(nn3C)CCCC4)C2)nc1. The summed E-state index contributed by atoms with van der Waals surface area (Å²) < 4.78 is 1.78. The van der Waals surface area contributed by atoms with Crippen LogP contribution in [0.5, 0.6) is 0 Å². The first kappa shape index (κ1) is 18.7. The zero-order valence-corrected chi connectivity index (χ0v) is 16.6. The summed E-state index contributed by atoms with van der Waals surface area (Å²) in [5.74, 6) is 0.144. The molecule has 7 heteroatoms. The molecule has 2 aromatic heterocycles. The fourth-order valence-electron chi connectivity index (χ4n) is 4.43. The van der Waals surface area contributed by atoms with Crippen molar-refractivity contribution in [1.82, 2.24) is 25.0 Å². The van der Waals surface area contributed by atoms with Crippen LogP contribution in [-0.4, -0.2) is 51.6 Å². The summed E-state index contributed by atoms with van der Waals surface area (Å²) in [6, 6.07) is 3.72. The minimum Gasteiger partial charge on any atom is -0.355 e. The van der Waals surface area contributed by atoms with E-state index in [1.54, 1.807) is 24.0 Å². The molecule has 1 aliphatic heterocycles. The lowest BCUT2D eigenvalue weighted by molar-refractivity contribution is 0.0693. The molecule has 1 saturated heterocycles. The molecule has 1 atom stereocenters. The molecule has 2 aromatic rings. The second-order valence-corrected chi connectivity index (χ2v) is 7.75. The summed E-state index contributed by atoms with van der Waals surface area (Å²) >= 11 is 0. The van der Waals surface area contributed by atoms with E-state index < -0.39 is 0 Å². The largest absolute Gasteiger partial charge is 0.355 e. The predicted octanol–water partition coefficient (Wildman–Crippen LogP) is 2.07. The van der Waals surface area contributed by atoms with Crippen molar-refractivity contribution in [2.24, 2.45) is 7.05 Å². The third-order valence-corrected chi connectivity index (χ3v) is 5.92. The van der Waals surface area contributed by atoms with E-state index in [0.717, 1.165) is 67.7 Å². The topological polar surface area (TPSA) is 80.1 Å². The third-order valence-electron chi connectivity index (χ3n) is 5.92. The van der Waals surface area contributed by atoms with E-state index >= 15 is 0 Å². The summed E-state index contributed by atoms with van der Waals surface area (Å²) in [6.45, 7) is 1.43. The van der Waals surface area contributed by atoms with Crippen LogP contribution in [0.3, 0.4) is 0 Å². The van der Waals surface area contributed by atoms with Gasteiger partial charge in [0.05, 0.1) is 11.3 Å². The van der Waals surface area contributed by atoms with Gasteiger partial charge in [0.25, 0.3) is 11.8 Å². The molecule has 0 saturated carbocycles. The van der Waals surface area contributed by atoms with Gasteiger partial charge in [0, 0.05) is 50.6 Å². The monoisotopic (exact) mass is 381 g/mol. The van der Waals surface area contributed by atoms with Gasteiger partial charge in [-0.15, -0.1) is 0 Å². The van der Waals surface area contributed by atoms with Crippen LogP contribution in [0.25, 0.3) is 0 Å². The Hall–Kier alpha value is -2.70. The summed E-state index contributed by atoms with van der Waals surface area (Å²) in [7, 11) is 3.49. The van der Waals surface area contributed by atoms with Gasteiger partial charge < -0.3 is 10.2 Å². The number of pyridine rings is 1. The Labute approximate surface area is 165 Å². The molecule has 4 rings (SSSR count). The number of fused-ring (bicyclic) bond motifs is 1. The maximum Gasteiger partial charge on any atom is 0.272 e. The van der Waals surface area contributed by atoms with E-state index in [4.69, 9.17) is 0 Å². The molecule has 0 radical (unpaired) electrons. The van der Waals surface area contributed by atoms with Crippen LogP contribution in [0.1, 0.15) is 69.4 Å². The Balaban J connectivity index is 1.52. The van der Waals surface area contributed by atoms with Gasteiger partial charge in [0.1, 0.15) is 5.69 Å². The highest BCUT2D eigenvalue weighted by Crippen LogP contribution is 2.29. The standard InChI is InChI=1S/C21H27N5O2/c1-22-20(27)14-9-10-17(23-12-14)15-6-5-11-26(13-15)21(28)19-16-7-3-4-8-18(16)24-25(19)2/h9-10,12,15H,3-8,11,13H2,1-2H3,(H,22,27). The van der Waals surface area contributed by atoms with Crippen molar-refractivity contribution >= 4 is 11.8 Å². The number of carbonyl (C=O) groups is 2. The quantitative estimate of drug-likeness (QED) is 0.883. The maximum absolute atomic E-state index is 13.3. The summed E-state index contributed by atoms with van der Waals surface area (Å²) in [6.07, 6.45) is 7.77. The fourth-order valence-corrected chi connectivity index (χ4v) is 4.43. The molecule has 1 fully saturated rings. The number of nitrogens with one attached hydrogen (secondary N) is 1.